The number of fused-ring (bicyclic) bond motifs is 2. The molecule has 5 heterocycles. The number of hydrogen-bond acceptors (Lipinski definition) is 10. The predicted molar refractivity (Wildman–Crippen MR) is 194 cm³/mol. The molecule has 3 saturated heterocycles. The van der Waals surface area contributed by atoms with Crippen LogP contribution in [-0.2, 0) is 38.0 Å². The molecular formula is C42H58O10. The number of carbonyl (C=O) groups excluding carboxylic acids is 1. The third-order valence-corrected chi connectivity index (χ3v) is 12.0. The van der Waals surface area contributed by atoms with Gasteiger partial charge in [0.1, 0.15) is 29.8 Å². The van der Waals surface area contributed by atoms with E-state index in [-0.39, 0.29) is 60.8 Å². The van der Waals surface area contributed by atoms with Crippen molar-refractivity contribution in [2.75, 3.05) is 13.7 Å². The summed E-state index contributed by atoms with van der Waals surface area (Å²) in [7, 11) is 1.66. The smallest absolute Gasteiger partial charge is 0.316 e. The average molecular weight is 723 g/mol. The summed E-state index contributed by atoms with van der Waals surface area (Å²) in [5, 5.41) is 23.5. The Hall–Kier alpha value is -2.59. The van der Waals surface area contributed by atoms with Gasteiger partial charge < -0.3 is 43.4 Å². The Morgan fingerprint density at radius 2 is 1.83 bits per heavy atom. The van der Waals surface area contributed by atoms with Crippen molar-refractivity contribution in [3.8, 4) is 12.3 Å². The van der Waals surface area contributed by atoms with Gasteiger partial charge in [-0.25, -0.2) is 0 Å². The molecule has 6 aliphatic rings. The molecule has 6 rings (SSSR count). The van der Waals surface area contributed by atoms with Crippen LogP contribution in [0.3, 0.4) is 0 Å². The highest BCUT2D eigenvalue weighted by molar-refractivity contribution is 5.78. The zero-order valence-electron chi connectivity index (χ0n) is 31.9. The van der Waals surface area contributed by atoms with Crippen LogP contribution in [0.25, 0.3) is 0 Å². The number of esters is 1. The second-order valence-corrected chi connectivity index (χ2v) is 16.1. The van der Waals surface area contributed by atoms with Gasteiger partial charge in [-0.2, -0.15) is 0 Å². The standard InChI is InChI=1S/C42H58O10/c1-10-32-28(8)48-35(20-34(32)46-9)50-38-24(4)12-11-13-29-22-47-39-36(43)27(7)18-33(42(29,39)45)40(44)49-31-19-30(15-14-25(38)5)51-41(21-31)17-16-26(6)37(52-41)23(2)3/h1,11-14,16-18,23-24,26,28,30-39,43,45H,15,19-22H2,2-9H3/b12-11+,25-14+,29-13+/t24-,26-,28-,30+,31-,32-,33-,34-,35-,36+,37+,38-,39+,41+,42+/m0/s1. The first kappa shape index (κ1) is 39.1. The minimum atomic E-state index is -1.80. The molecule has 1 aliphatic carbocycles. The van der Waals surface area contributed by atoms with Crippen LogP contribution in [0.4, 0.5) is 0 Å². The fourth-order valence-electron chi connectivity index (χ4n) is 9.01. The molecule has 15 atom stereocenters. The number of rotatable bonds is 4. The van der Waals surface area contributed by atoms with Gasteiger partial charge in [0, 0.05) is 38.2 Å². The SMILES string of the molecule is C#C[C@H]1[C@H](C)O[C@@H](O[C@@H]2/C(C)=C/C[C@@H]3C[C@@H](C[C@]4(C=C[C@H](C)[C@@H](C(C)C)O4)O3)OC(=O)[C@@H]3C=C(C)[C@@H](O)[C@H]4OC/C(=C\C=C\[C@@H]2C)[C@]43O)C[C@@H]1OC. The van der Waals surface area contributed by atoms with Crippen LogP contribution >= 0.6 is 0 Å². The van der Waals surface area contributed by atoms with Crippen LogP contribution in [0.15, 0.2) is 59.3 Å². The minimum absolute atomic E-state index is 0.0547. The minimum Gasteiger partial charge on any atom is -0.462 e. The number of ether oxygens (including phenoxy) is 7. The van der Waals surface area contributed by atoms with Crippen molar-refractivity contribution >= 4 is 5.97 Å². The summed E-state index contributed by atoms with van der Waals surface area (Å²) >= 11 is 0. The molecule has 2 N–H and O–H groups in total. The highest BCUT2D eigenvalue weighted by atomic mass is 16.7. The van der Waals surface area contributed by atoms with Crippen LogP contribution in [0.1, 0.15) is 74.1 Å². The van der Waals surface area contributed by atoms with E-state index in [4.69, 9.17) is 39.6 Å². The van der Waals surface area contributed by atoms with E-state index >= 15 is 0 Å². The van der Waals surface area contributed by atoms with Crippen molar-refractivity contribution in [2.45, 2.75) is 141 Å². The highest BCUT2D eigenvalue weighted by Crippen LogP contribution is 2.47. The first-order valence-electron chi connectivity index (χ1n) is 19.0. The van der Waals surface area contributed by atoms with Crippen LogP contribution in [-0.4, -0.2) is 96.4 Å². The Kier molecular flexibility index (Phi) is 11.8. The molecule has 5 aliphatic heterocycles. The lowest BCUT2D eigenvalue weighted by Crippen LogP contribution is -2.58. The van der Waals surface area contributed by atoms with Crippen LogP contribution in [0.2, 0.25) is 0 Å². The van der Waals surface area contributed by atoms with E-state index in [2.05, 4.69) is 45.8 Å². The molecule has 0 unspecified atom stereocenters. The van der Waals surface area contributed by atoms with Gasteiger partial charge in [-0.15, -0.1) is 6.42 Å². The van der Waals surface area contributed by atoms with E-state index in [9.17, 15) is 15.0 Å². The molecule has 286 valence electrons. The molecule has 1 spiro atoms. The number of hydrogen-bond donors (Lipinski definition) is 2. The summed E-state index contributed by atoms with van der Waals surface area (Å²) in [5.74, 6) is 0.188. The fraction of sp³-hybridized carbons (Fsp3) is 0.690. The van der Waals surface area contributed by atoms with Crippen LogP contribution in [0, 0.1) is 41.9 Å². The van der Waals surface area contributed by atoms with Crippen molar-refractivity contribution in [1.29, 1.82) is 0 Å². The lowest BCUT2D eigenvalue weighted by Gasteiger charge is -2.48. The number of aliphatic hydroxyl groups is 2. The van der Waals surface area contributed by atoms with Gasteiger partial charge in [-0.3, -0.25) is 4.79 Å². The summed E-state index contributed by atoms with van der Waals surface area (Å²) in [5.41, 5.74) is 0.229. The molecule has 0 aromatic rings. The van der Waals surface area contributed by atoms with E-state index in [0.29, 0.717) is 36.8 Å². The second kappa shape index (κ2) is 15.6. The molecule has 0 radical (unpaired) electrons. The summed E-state index contributed by atoms with van der Waals surface area (Å²) < 4.78 is 44.7. The maximum Gasteiger partial charge on any atom is 0.316 e. The van der Waals surface area contributed by atoms with Crippen LogP contribution in [0.5, 0.6) is 0 Å². The average Bonchev–Trinajstić information content (AvgIpc) is 3.44. The first-order chi connectivity index (χ1) is 24.7. The third kappa shape index (κ3) is 7.54. The molecule has 52 heavy (non-hydrogen) atoms. The second-order valence-electron chi connectivity index (χ2n) is 16.1. The molecule has 3 fully saturated rings. The van der Waals surface area contributed by atoms with Crippen molar-refractivity contribution in [1.82, 2.24) is 0 Å². The first-order valence-corrected chi connectivity index (χ1v) is 19.0. The maximum atomic E-state index is 14.2. The molecule has 0 amide bonds. The Morgan fingerprint density at radius 3 is 2.54 bits per heavy atom. The molecule has 0 saturated carbocycles. The zero-order chi connectivity index (χ0) is 37.5. The number of methoxy groups -OCH3 is 1. The number of allylic oxidation sites excluding steroid dienone is 2. The Labute approximate surface area is 309 Å². The van der Waals surface area contributed by atoms with Crippen molar-refractivity contribution in [3.05, 3.63) is 59.3 Å². The van der Waals surface area contributed by atoms with Gasteiger partial charge in [0.2, 0.25) is 0 Å². The van der Waals surface area contributed by atoms with Gasteiger partial charge in [0.25, 0.3) is 0 Å². The summed E-state index contributed by atoms with van der Waals surface area (Å²) in [6, 6.07) is 0. The Morgan fingerprint density at radius 1 is 1.06 bits per heavy atom. The van der Waals surface area contributed by atoms with Crippen molar-refractivity contribution in [3.63, 3.8) is 0 Å². The van der Waals surface area contributed by atoms with E-state index < -0.39 is 47.9 Å². The van der Waals surface area contributed by atoms with Gasteiger partial charge in [-0.1, -0.05) is 70.1 Å². The largest absolute Gasteiger partial charge is 0.462 e. The Balaban J connectivity index is 1.38. The van der Waals surface area contributed by atoms with Gasteiger partial charge in [0.15, 0.2) is 12.1 Å². The maximum absolute atomic E-state index is 14.2. The lowest BCUT2D eigenvalue weighted by molar-refractivity contribution is -0.299. The normalized spacial score (nSPS) is 48.1. The molecule has 0 aromatic heterocycles. The molecule has 2 bridgehead atoms. The van der Waals surface area contributed by atoms with E-state index in [0.717, 1.165) is 5.57 Å². The van der Waals surface area contributed by atoms with Crippen molar-refractivity contribution < 1.29 is 48.2 Å². The van der Waals surface area contributed by atoms with Gasteiger partial charge in [0.05, 0.1) is 43.0 Å². The zero-order valence-corrected chi connectivity index (χ0v) is 31.9. The third-order valence-electron chi connectivity index (χ3n) is 12.0. The fourth-order valence-corrected chi connectivity index (χ4v) is 9.01. The molecular weight excluding hydrogens is 664 g/mol. The summed E-state index contributed by atoms with van der Waals surface area (Å²) in [6.07, 6.45) is 16.6. The number of carbonyl (C=O) groups is 1. The van der Waals surface area contributed by atoms with E-state index in [1.807, 2.05) is 32.1 Å². The number of terminal acetylenes is 1. The number of aliphatic hydroxyl groups excluding tert-OH is 1. The molecule has 10 nitrogen and oxygen atoms in total. The highest BCUT2D eigenvalue weighted by Gasteiger charge is 2.60. The predicted octanol–water partition coefficient (Wildman–Crippen LogP) is 5.34. The van der Waals surface area contributed by atoms with Gasteiger partial charge in [-0.05, 0) is 55.9 Å². The van der Waals surface area contributed by atoms with E-state index in [1.165, 1.54) is 0 Å². The molecule has 10 heteroatoms. The molecule has 0 aromatic carbocycles. The van der Waals surface area contributed by atoms with Crippen LogP contribution < -0.4 is 0 Å². The van der Waals surface area contributed by atoms with Gasteiger partial charge >= 0.3 is 5.97 Å². The monoisotopic (exact) mass is 722 g/mol. The van der Waals surface area contributed by atoms with E-state index in [1.54, 1.807) is 26.2 Å². The lowest BCUT2D eigenvalue weighted by atomic mass is 9.71. The summed E-state index contributed by atoms with van der Waals surface area (Å²) in [4.78, 5) is 14.2. The quantitative estimate of drug-likeness (QED) is 0.224. The Bertz CT molecular complexity index is 1520. The topological polar surface area (TPSA) is 122 Å². The summed E-state index contributed by atoms with van der Waals surface area (Å²) in [6.45, 7) is 14.3. The van der Waals surface area contributed by atoms with Crippen molar-refractivity contribution in [2.24, 2.45) is 29.6 Å².